The van der Waals surface area contributed by atoms with Gasteiger partial charge in [-0.1, -0.05) is 42.5 Å². The molecule has 6 nitrogen and oxygen atoms in total. The first kappa shape index (κ1) is 15.2. The Morgan fingerprint density at radius 2 is 1.60 bits per heavy atom. The average Bonchev–Trinajstić information content (AvgIpc) is 2.38. The Morgan fingerprint density at radius 1 is 1.00 bits per heavy atom. The van der Waals surface area contributed by atoms with Crippen molar-refractivity contribution in [2.45, 2.75) is 0 Å². The Labute approximate surface area is 114 Å². The summed E-state index contributed by atoms with van der Waals surface area (Å²) in [4.78, 5) is 32.6. The number of hydrogen-bond donors (Lipinski definition) is 3. The van der Waals surface area contributed by atoms with Crippen molar-refractivity contribution in [1.29, 1.82) is 0 Å². The molecule has 0 aromatic heterocycles. The molecule has 1 aromatic rings. The Kier molecular flexibility index (Phi) is 5.22. The van der Waals surface area contributed by atoms with Gasteiger partial charge in [0.15, 0.2) is 0 Å². The van der Waals surface area contributed by atoms with Crippen LogP contribution in [0.2, 0.25) is 0 Å². The summed E-state index contributed by atoms with van der Waals surface area (Å²) in [6, 6.07) is 8.66. The first-order valence-corrected chi connectivity index (χ1v) is 5.55. The first-order chi connectivity index (χ1) is 9.41. The molecule has 1 atom stereocenters. The predicted molar refractivity (Wildman–Crippen MR) is 70.0 cm³/mol. The van der Waals surface area contributed by atoms with Gasteiger partial charge in [0, 0.05) is 6.08 Å². The molecule has 0 radical (unpaired) electrons. The molecular weight excluding hydrogens is 264 g/mol. The lowest BCUT2D eigenvalue weighted by Crippen LogP contribution is -2.20. The Bertz CT molecular complexity index is 571. The van der Waals surface area contributed by atoms with Gasteiger partial charge in [0.2, 0.25) is 0 Å². The molecule has 0 saturated heterocycles. The third-order valence-corrected chi connectivity index (χ3v) is 2.41. The van der Waals surface area contributed by atoms with E-state index >= 15 is 0 Å². The van der Waals surface area contributed by atoms with Crippen molar-refractivity contribution in [1.82, 2.24) is 0 Å². The number of carbonyl (C=O) groups is 3. The van der Waals surface area contributed by atoms with Crippen molar-refractivity contribution in [2.75, 3.05) is 0 Å². The molecule has 6 heteroatoms. The van der Waals surface area contributed by atoms with E-state index in [1.165, 1.54) is 6.08 Å². The third kappa shape index (κ3) is 4.41. The molecule has 0 bridgehead atoms. The van der Waals surface area contributed by atoms with Gasteiger partial charge in [-0.2, -0.15) is 0 Å². The maximum atomic E-state index is 11.1. The lowest BCUT2D eigenvalue weighted by molar-refractivity contribution is -0.142. The zero-order valence-electron chi connectivity index (χ0n) is 10.3. The van der Waals surface area contributed by atoms with Crippen LogP contribution in [0.1, 0.15) is 5.56 Å². The van der Waals surface area contributed by atoms with Crippen LogP contribution < -0.4 is 0 Å². The van der Waals surface area contributed by atoms with Crippen molar-refractivity contribution in [3.63, 3.8) is 0 Å². The first-order valence-electron chi connectivity index (χ1n) is 5.55. The van der Waals surface area contributed by atoms with E-state index in [1.807, 2.05) is 0 Å². The molecule has 0 aliphatic heterocycles. The summed E-state index contributed by atoms with van der Waals surface area (Å²) in [5.74, 6) is -6.07. The summed E-state index contributed by atoms with van der Waals surface area (Å²) in [5, 5.41) is 26.5. The molecular formula is C14H12O6. The summed E-state index contributed by atoms with van der Waals surface area (Å²) < 4.78 is 0. The fourth-order valence-corrected chi connectivity index (χ4v) is 1.51. The van der Waals surface area contributed by atoms with Crippen LogP contribution in [0.5, 0.6) is 0 Å². The lowest BCUT2D eigenvalue weighted by atomic mass is 9.97. The molecule has 0 aliphatic carbocycles. The summed E-state index contributed by atoms with van der Waals surface area (Å²) in [7, 11) is 0. The topological polar surface area (TPSA) is 112 Å². The summed E-state index contributed by atoms with van der Waals surface area (Å²) >= 11 is 0. The van der Waals surface area contributed by atoms with Crippen LogP contribution in [0.25, 0.3) is 6.08 Å². The van der Waals surface area contributed by atoms with Crippen molar-refractivity contribution in [3.05, 3.63) is 53.6 Å². The zero-order valence-corrected chi connectivity index (χ0v) is 10.3. The average molecular weight is 276 g/mol. The van der Waals surface area contributed by atoms with Gasteiger partial charge in [-0.15, -0.1) is 0 Å². The summed E-state index contributed by atoms with van der Waals surface area (Å²) in [6.45, 7) is 0. The smallest absolute Gasteiger partial charge is 0.333 e. The second kappa shape index (κ2) is 6.89. The highest BCUT2D eigenvalue weighted by Gasteiger charge is 2.25. The van der Waals surface area contributed by atoms with E-state index in [2.05, 4.69) is 0 Å². The number of benzene rings is 1. The maximum absolute atomic E-state index is 11.1. The molecule has 0 heterocycles. The van der Waals surface area contributed by atoms with Crippen molar-refractivity contribution in [2.24, 2.45) is 5.92 Å². The molecule has 0 aliphatic rings. The van der Waals surface area contributed by atoms with Gasteiger partial charge in [-0.05, 0) is 5.56 Å². The molecule has 3 N–H and O–H groups in total. The highest BCUT2D eigenvalue weighted by molar-refractivity contribution is 6.00. The molecule has 0 saturated carbocycles. The third-order valence-electron chi connectivity index (χ3n) is 2.41. The van der Waals surface area contributed by atoms with Crippen molar-refractivity contribution >= 4 is 24.0 Å². The summed E-state index contributed by atoms with van der Waals surface area (Å²) in [6.07, 6.45) is 2.95. The second-order valence-electron chi connectivity index (χ2n) is 3.83. The van der Waals surface area contributed by atoms with Crippen LogP contribution >= 0.6 is 0 Å². The van der Waals surface area contributed by atoms with E-state index < -0.39 is 29.4 Å². The van der Waals surface area contributed by atoms with E-state index in [1.54, 1.807) is 30.3 Å². The van der Waals surface area contributed by atoms with E-state index in [4.69, 9.17) is 15.3 Å². The SMILES string of the molecule is O=C(O)C=C(C(=O)O)C(C=Cc1ccccc1)C(=O)O. The van der Waals surface area contributed by atoms with E-state index in [0.29, 0.717) is 11.6 Å². The van der Waals surface area contributed by atoms with Crippen LogP contribution in [0.4, 0.5) is 0 Å². The van der Waals surface area contributed by atoms with Gasteiger partial charge < -0.3 is 15.3 Å². The van der Waals surface area contributed by atoms with E-state index in [-0.39, 0.29) is 0 Å². The minimum absolute atomic E-state index is 0.385. The van der Waals surface area contributed by atoms with Crippen LogP contribution in [-0.2, 0) is 14.4 Å². The quantitative estimate of drug-likeness (QED) is 0.679. The molecule has 1 unspecified atom stereocenters. The normalized spacial score (nSPS) is 13.1. The number of carboxylic acids is 3. The highest BCUT2D eigenvalue weighted by atomic mass is 16.4. The molecule has 20 heavy (non-hydrogen) atoms. The van der Waals surface area contributed by atoms with Crippen LogP contribution in [0, 0.1) is 5.92 Å². The molecule has 0 spiro atoms. The van der Waals surface area contributed by atoms with Crippen LogP contribution in [-0.4, -0.2) is 33.2 Å². The fourth-order valence-electron chi connectivity index (χ4n) is 1.51. The largest absolute Gasteiger partial charge is 0.481 e. The molecule has 0 fully saturated rings. The van der Waals surface area contributed by atoms with Gasteiger partial charge in [0.1, 0.15) is 5.92 Å². The van der Waals surface area contributed by atoms with Gasteiger partial charge in [-0.3, -0.25) is 4.79 Å². The van der Waals surface area contributed by atoms with Gasteiger partial charge in [-0.25, -0.2) is 9.59 Å². The monoisotopic (exact) mass is 276 g/mol. The van der Waals surface area contributed by atoms with Gasteiger partial charge in [0.25, 0.3) is 0 Å². The highest BCUT2D eigenvalue weighted by Crippen LogP contribution is 2.16. The summed E-state index contributed by atoms with van der Waals surface area (Å²) in [5.41, 5.74) is -0.0315. The van der Waals surface area contributed by atoms with E-state index in [0.717, 1.165) is 6.08 Å². The van der Waals surface area contributed by atoms with Crippen molar-refractivity contribution < 1.29 is 29.7 Å². The maximum Gasteiger partial charge on any atom is 0.333 e. The fraction of sp³-hybridized carbons (Fsp3) is 0.0714. The Morgan fingerprint density at radius 3 is 2.05 bits per heavy atom. The van der Waals surface area contributed by atoms with Crippen molar-refractivity contribution in [3.8, 4) is 0 Å². The minimum atomic E-state index is -1.59. The van der Waals surface area contributed by atoms with Gasteiger partial charge >= 0.3 is 17.9 Å². The Hall–Kier alpha value is -2.89. The number of hydrogen-bond acceptors (Lipinski definition) is 3. The Balaban J connectivity index is 3.11. The van der Waals surface area contributed by atoms with Crippen LogP contribution in [0.3, 0.4) is 0 Å². The molecule has 1 aromatic carbocycles. The molecule has 104 valence electrons. The molecule has 1 rings (SSSR count). The second-order valence-corrected chi connectivity index (χ2v) is 3.83. The number of rotatable bonds is 6. The van der Waals surface area contributed by atoms with Gasteiger partial charge in [0.05, 0.1) is 5.57 Å². The predicted octanol–water partition coefficient (Wildman–Crippen LogP) is 1.50. The standard InChI is InChI=1S/C14H12O6/c15-12(16)8-11(14(19)20)10(13(17)18)7-6-9-4-2-1-3-5-9/h1-8,10H,(H,15,16)(H,17,18)(H,19,20). The zero-order chi connectivity index (χ0) is 15.1. The molecule has 0 amide bonds. The van der Waals surface area contributed by atoms with E-state index in [9.17, 15) is 14.4 Å². The lowest BCUT2D eigenvalue weighted by Gasteiger charge is -2.08. The number of carboxylic acid groups (broad SMARTS) is 3. The number of aliphatic carboxylic acids is 3. The van der Waals surface area contributed by atoms with Crippen LogP contribution in [0.15, 0.2) is 48.1 Å². The minimum Gasteiger partial charge on any atom is -0.481 e.